The van der Waals surface area contributed by atoms with Crippen LogP contribution in [0.4, 0.5) is 0 Å². The minimum absolute atomic E-state index is 0.00957. The van der Waals surface area contributed by atoms with Crippen LogP contribution < -0.4 is 27.4 Å². The van der Waals surface area contributed by atoms with E-state index < -0.39 is 47.9 Å². The summed E-state index contributed by atoms with van der Waals surface area (Å²) >= 11 is 0. The summed E-state index contributed by atoms with van der Waals surface area (Å²) in [4.78, 5) is 51.0. The molecular formula is C27H45N5O6. The average molecular weight is 536 g/mol. The Morgan fingerprint density at radius 2 is 1.42 bits per heavy atom. The molecule has 5 unspecified atom stereocenters. The Morgan fingerprint density at radius 1 is 0.868 bits per heavy atom. The summed E-state index contributed by atoms with van der Waals surface area (Å²) in [5.41, 5.74) is 12.2. The molecule has 5 atom stereocenters. The summed E-state index contributed by atoms with van der Waals surface area (Å²) in [5.74, 6) is -2.83. The molecule has 0 fully saturated rings. The zero-order valence-electron chi connectivity index (χ0n) is 22.9. The normalized spacial score (nSPS) is 15.1. The van der Waals surface area contributed by atoms with E-state index in [0.717, 1.165) is 0 Å². The van der Waals surface area contributed by atoms with Crippen molar-refractivity contribution in [2.24, 2.45) is 23.3 Å². The second kappa shape index (κ2) is 16.6. The molecule has 0 aliphatic carbocycles. The molecule has 0 aliphatic rings. The quantitative estimate of drug-likeness (QED) is 0.143. The fourth-order valence-corrected chi connectivity index (χ4v) is 3.86. The highest BCUT2D eigenvalue weighted by molar-refractivity contribution is 5.94. The highest BCUT2D eigenvalue weighted by Gasteiger charge is 2.31. The molecule has 0 heterocycles. The van der Waals surface area contributed by atoms with E-state index in [1.807, 2.05) is 27.7 Å². The number of hydrogen-bond acceptors (Lipinski definition) is 7. The number of nitrogens with one attached hydrogen (secondary N) is 3. The van der Waals surface area contributed by atoms with E-state index in [1.54, 1.807) is 12.1 Å². The number of carboxylic acids is 1. The highest BCUT2D eigenvalue weighted by Crippen LogP contribution is 2.13. The van der Waals surface area contributed by atoms with Gasteiger partial charge in [0.15, 0.2) is 0 Å². The van der Waals surface area contributed by atoms with Crippen molar-refractivity contribution in [1.82, 2.24) is 16.0 Å². The van der Waals surface area contributed by atoms with Gasteiger partial charge in [-0.25, -0.2) is 4.79 Å². The number of hydrogen-bond donors (Lipinski definition) is 7. The molecule has 0 spiro atoms. The zero-order valence-corrected chi connectivity index (χ0v) is 22.9. The van der Waals surface area contributed by atoms with Gasteiger partial charge in [-0.2, -0.15) is 0 Å². The van der Waals surface area contributed by atoms with Gasteiger partial charge in [0, 0.05) is 6.42 Å². The molecule has 11 heteroatoms. The smallest absolute Gasteiger partial charge is 0.326 e. The molecule has 0 radical (unpaired) electrons. The summed E-state index contributed by atoms with van der Waals surface area (Å²) in [6, 6.07) is 2.05. The van der Waals surface area contributed by atoms with Crippen molar-refractivity contribution in [3.8, 4) is 5.75 Å². The Bertz CT molecular complexity index is 908. The Balaban J connectivity index is 3.04. The molecule has 0 bridgehead atoms. The van der Waals surface area contributed by atoms with Crippen LogP contribution in [-0.2, 0) is 25.6 Å². The van der Waals surface area contributed by atoms with Crippen LogP contribution >= 0.6 is 0 Å². The van der Waals surface area contributed by atoms with E-state index in [9.17, 15) is 29.4 Å². The van der Waals surface area contributed by atoms with Crippen LogP contribution in [0.3, 0.4) is 0 Å². The number of aromatic hydroxyl groups is 1. The molecule has 38 heavy (non-hydrogen) atoms. The summed E-state index contributed by atoms with van der Waals surface area (Å²) < 4.78 is 0. The first kappa shape index (κ1) is 32.8. The minimum Gasteiger partial charge on any atom is -0.508 e. The number of carbonyl (C=O) groups is 4. The van der Waals surface area contributed by atoms with Crippen molar-refractivity contribution < 1.29 is 29.4 Å². The highest BCUT2D eigenvalue weighted by atomic mass is 16.4. The lowest BCUT2D eigenvalue weighted by Gasteiger charge is -2.27. The molecule has 3 amide bonds. The maximum Gasteiger partial charge on any atom is 0.326 e. The van der Waals surface area contributed by atoms with Crippen LogP contribution in [-0.4, -0.2) is 64.6 Å². The van der Waals surface area contributed by atoms with Crippen LogP contribution in [0, 0.1) is 11.8 Å². The standard InChI is InChI=1S/C27H45N5O6/c1-5-17(4)23(29)26(36)31-21(14-16(2)3)25(35)30-20(8-6-7-13-28)24(34)32-22(27(37)38)15-18-9-11-19(33)12-10-18/h9-12,16-17,20-23,33H,5-8,13-15,28-29H2,1-4H3,(H,30,35)(H,31,36)(H,32,34)(H,37,38). The summed E-state index contributed by atoms with van der Waals surface area (Å²) in [5, 5.41) is 27.1. The first-order valence-electron chi connectivity index (χ1n) is 13.3. The monoisotopic (exact) mass is 535 g/mol. The Hall–Kier alpha value is -3.18. The van der Waals surface area contributed by atoms with Crippen molar-refractivity contribution >= 4 is 23.7 Å². The molecular weight excluding hydrogens is 490 g/mol. The third-order valence-corrected chi connectivity index (χ3v) is 6.47. The molecule has 0 saturated carbocycles. The Labute approximate surface area is 225 Å². The number of carbonyl (C=O) groups excluding carboxylic acids is 3. The number of nitrogens with two attached hydrogens (primary N) is 2. The van der Waals surface area contributed by atoms with Crippen molar-refractivity contribution in [2.75, 3.05) is 6.54 Å². The number of phenolic OH excluding ortho intramolecular Hbond substituents is 1. The summed E-state index contributed by atoms with van der Waals surface area (Å²) in [6.07, 6.45) is 2.42. The van der Waals surface area contributed by atoms with Gasteiger partial charge in [-0.05, 0) is 61.8 Å². The van der Waals surface area contributed by atoms with Crippen LogP contribution in [0.1, 0.15) is 65.4 Å². The molecule has 1 aromatic carbocycles. The number of amides is 3. The maximum atomic E-state index is 13.3. The maximum absolute atomic E-state index is 13.3. The van der Waals surface area contributed by atoms with Gasteiger partial charge in [0.2, 0.25) is 17.7 Å². The lowest BCUT2D eigenvalue weighted by Crippen LogP contribution is -2.58. The van der Waals surface area contributed by atoms with E-state index in [2.05, 4.69) is 16.0 Å². The Kier molecular flexibility index (Phi) is 14.4. The number of benzene rings is 1. The third kappa shape index (κ3) is 11.5. The number of unbranched alkanes of at least 4 members (excludes halogenated alkanes) is 1. The van der Waals surface area contributed by atoms with Crippen LogP contribution in [0.2, 0.25) is 0 Å². The van der Waals surface area contributed by atoms with Crippen molar-refractivity contribution in [2.45, 2.75) is 90.4 Å². The van der Waals surface area contributed by atoms with Gasteiger partial charge in [0.1, 0.15) is 23.9 Å². The Morgan fingerprint density at radius 3 is 1.95 bits per heavy atom. The predicted molar refractivity (Wildman–Crippen MR) is 145 cm³/mol. The SMILES string of the molecule is CCC(C)C(N)C(=O)NC(CC(C)C)C(=O)NC(CCCCN)C(=O)NC(Cc1ccc(O)cc1)C(=O)O. The second-order valence-corrected chi connectivity index (χ2v) is 10.2. The number of aliphatic carboxylic acids is 1. The van der Waals surface area contributed by atoms with Gasteiger partial charge in [0.05, 0.1) is 6.04 Å². The molecule has 214 valence electrons. The van der Waals surface area contributed by atoms with E-state index in [1.165, 1.54) is 12.1 Å². The predicted octanol–water partition coefficient (Wildman–Crippen LogP) is 1.02. The van der Waals surface area contributed by atoms with Crippen molar-refractivity contribution in [3.05, 3.63) is 29.8 Å². The summed E-state index contributed by atoms with van der Waals surface area (Å²) in [6.45, 7) is 8.00. The van der Waals surface area contributed by atoms with E-state index in [0.29, 0.717) is 37.8 Å². The molecule has 1 rings (SSSR count). The van der Waals surface area contributed by atoms with E-state index >= 15 is 0 Å². The van der Waals surface area contributed by atoms with Crippen molar-refractivity contribution in [1.29, 1.82) is 0 Å². The molecule has 9 N–H and O–H groups in total. The minimum atomic E-state index is -1.25. The van der Waals surface area contributed by atoms with Gasteiger partial charge < -0.3 is 37.6 Å². The van der Waals surface area contributed by atoms with Crippen molar-refractivity contribution in [3.63, 3.8) is 0 Å². The summed E-state index contributed by atoms with van der Waals surface area (Å²) in [7, 11) is 0. The van der Waals surface area contributed by atoms with Gasteiger partial charge in [-0.1, -0.05) is 46.2 Å². The molecule has 0 aromatic heterocycles. The van der Waals surface area contributed by atoms with Gasteiger partial charge >= 0.3 is 5.97 Å². The topological polar surface area (TPSA) is 197 Å². The van der Waals surface area contributed by atoms with Crippen LogP contribution in [0.5, 0.6) is 5.75 Å². The first-order valence-corrected chi connectivity index (χ1v) is 13.3. The van der Waals surface area contributed by atoms with E-state index in [4.69, 9.17) is 11.5 Å². The average Bonchev–Trinajstić information content (AvgIpc) is 2.87. The van der Waals surface area contributed by atoms with E-state index in [-0.39, 0.29) is 30.4 Å². The zero-order chi connectivity index (χ0) is 28.8. The largest absolute Gasteiger partial charge is 0.508 e. The molecule has 11 nitrogen and oxygen atoms in total. The van der Waals surface area contributed by atoms with Gasteiger partial charge in [-0.15, -0.1) is 0 Å². The lowest BCUT2D eigenvalue weighted by molar-refractivity contribution is -0.142. The fraction of sp³-hybridized carbons (Fsp3) is 0.630. The molecule has 0 aliphatic heterocycles. The first-order chi connectivity index (χ1) is 17.9. The van der Waals surface area contributed by atoms with Gasteiger partial charge in [0.25, 0.3) is 0 Å². The number of carboxylic acid groups (broad SMARTS) is 1. The molecule has 1 aromatic rings. The third-order valence-electron chi connectivity index (χ3n) is 6.47. The second-order valence-electron chi connectivity index (χ2n) is 10.2. The fourth-order valence-electron chi connectivity index (χ4n) is 3.86. The van der Waals surface area contributed by atoms with Gasteiger partial charge in [-0.3, -0.25) is 14.4 Å². The molecule has 0 saturated heterocycles. The lowest BCUT2D eigenvalue weighted by atomic mass is 9.97. The number of phenols is 1. The van der Waals surface area contributed by atoms with Crippen LogP contribution in [0.15, 0.2) is 24.3 Å². The van der Waals surface area contributed by atoms with Crippen LogP contribution in [0.25, 0.3) is 0 Å². The number of rotatable bonds is 17.